The minimum atomic E-state index is -0.880. The van der Waals surface area contributed by atoms with Crippen LogP contribution in [0.25, 0.3) is 0 Å². The van der Waals surface area contributed by atoms with E-state index in [2.05, 4.69) is 0 Å². The molecule has 0 aliphatic heterocycles. The summed E-state index contributed by atoms with van der Waals surface area (Å²) < 4.78 is 5.54. The molecule has 0 saturated heterocycles. The van der Waals surface area contributed by atoms with Gasteiger partial charge in [0.1, 0.15) is 10.6 Å². The Morgan fingerprint density at radius 3 is 2.74 bits per heavy atom. The van der Waals surface area contributed by atoms with Crippen LogP contribution in [0.3, 0.4) is 0 Å². The summed E-state index contributed by atoms with van der Waals surface area (Å²) in [6.45, 7) is 0.560. The first kappa shape index (κ1) is 14.2. The Bertz CT molecular complexity index is 551. The molecule has 0 aliphatic rings. The molecule has 6 heteroatoms. The predicted molar refractivity (Wildman–Crippen MR) is 78.9 cm³/mol. The molecule has 1 N–H and O–H groups in total. The van der Waals surface area contributed by atoms with Crippen molar-refractivity contribution in [3.8, 4) is 5.75 Å². The topological polar surface area (TPSA) is 46.5 Å². The molecule has 19 heavy (non-hydrogen) atoms. The lowest BCUT2D eigenvalue weighted by molar-refractivity contribution is 0.0702. The number of halogens is 1. The van der Waals surface area contributed by atoms with Gasteiger partial charge in [-0.2, -0.15) is 0 Å². The molecular formula is C13H11ClO3S2. The maximum Gasteiger partial charge on any atom is 0.345 e. The van der Waals surface area contributed by atoms with Gasteiger partial charge in [-0.3, -0.25) is 0 Å². The van der Waals surface area contributed by atoms with E-state index in [0.29, 0.717) is 16.5 Å². The first-order chi connectivity index (χ1) is 9.15. The average Bonchev–Trinajstić information content (AvgIpc) is 2.86. The fourth-order valence-corrected chi connectivity index (χ4v) is 3.18. The van der Waals surface area contributed by atoms with Gasteiger partial charge >= 0.3 is 5.97 Å². The molecule has 0 fully saturated rings. The second-order valence-corrected chi connectivity index (χ2v) is 6.12. The normalized spacial score (nSPS) is 10.4. The van der Waals surface area contributed by atoms with Crippen LogP contribution in [0.15, 0.2) is 40.6 Å². The van der Waals surface area contributed by atoms with Gasteiger partial charge in [0.05, 0.1) is 6.61 Å². The molecule has 0 aliphatic carbocycles. The quantitative estimate of drug-likeness (QED) is 0.639. The van der Waals surface area contributed by atoms with Gasteiger partial charge in [0.15, 0.2) is 0 Å². The number of ether oxygens (including phenoxy) is 1. The van der Waals surface area contributed by atoms with Gasteiger partial charge < -0.3 is 9.84 Å². The van der Waals surface area contributed by atoms with Crippen LogP contribution in [0.2, 0.25) is 5.02 Å². The fraction of sp³-hybridized carbons (Fsp3) is 0.154. The minimum Gasteiger partial charge on any atom is -0.493 e. The first-order valence-corrected chi connectivity index (χ1v) is 7.72. The lowest BCUT2D eigenvalue weighted by Gasteiger charge is -2.05. The van der Waals surface area contributed by atoms with E-state index >= 15 is 0 Å². The van der Waals surface area contributed by atoms with Gasteiger partial charge in [0.25, 0.3) is 0 Å². The number of aromatic carboxylic acids is 1. The molecule has 100 valence electrons. The maximum absolute atomic E-state index is 10.7. The van der Waals surface area contributed by atoms with Gasteiger partial charge in [0, 0.05) is 21.1 Å². The molecule has 0 bridgehead atoms. The van der Waals surface area contributed by atoms with Gasteiger partial charge in [-0.05, 0) is 30.3 Å². The number of carboxylic acid groups (broad SMARTS) is 1. The van der Waals surface area contributed by atoms with Crippen LogP contribution in [-0.4, -0.2) is 23.4 Å². The van der Waals surface area contributed by atoms with Crippen molar-refractivity contribution in [3.63, 3.8) is 0 Å². The van der Waals surface area contributed by atoms with E-state index < -0.39 is 5.97 Å². The number of hydrogen-bond donors (Lipinski definition) is 1. The zero-order chi connectivity index (χ0) is 13.7. The Balaban J connectivity index is 1.74. The highest BCUT2D eigenvalue weighted by atomic mass is 35.5. The second-order valence-electron chi connectivity index (χ2n) is 3.60. The van der Waals surface area contributed by atoms with E-state index in [4.69, 9.17) is 21.4 Å². The smallest absolute Gasteiger partial charge is 0.345 e. The number of thioether (sulfide) groups is 1. The third-order valence-corrected chi connectivity index (χ3v) is 4.48. The van der Waals surface area contributed by atoms with Crippen molar-refractivity contribution in [1.29, 1.82) is 0 Å². The molecule has 0 unspecified atom stereocenters. The Kier molecular flexibility index (Phi) is 5.13. The van der Waals surface area contributed by atoms with Gasteiger partial charge in [0.2, 0.25) is 0 Å². The summed E-state index contributed by atoms with van der Waals surface area (Å²) in [4.78, 5) is 12.0. The van der Waals surface area contributed by atoms with Crippen molar-refractivity contribution in [2.45, 2.75) is 4.90 Å². The number of thiophene rings is 1. The largest absolute Gasteiger partial charge is 0.493 e. The van der Waals surface area contributed by atoms with Gasteiger partial charge in [-0.1, -0.05) is 11.6 Å². The molecule has 0 amide bonds. The van der Waals surface area contributed by atoms with Crippen LogP contribution >= 0.6 is 34.7 Å². The van der Waals surface area contributed by atoms with Crippen LogP contribution < -0.4 is 4.74 Å². The van der Waals surface area contributed by atoms with Crippen molar-refractivity contribution >= 4 is 40.7 Å². The summed E-state index contributed by atoms with van der Waals surface area (Å²) in [5.41, 5.74) is 0. The van der Waals surface area contributed by atoms with Crippen LogP contribution in [-0.2, 0) is 0 Å². The van der Waals surface area contributed by atoms with Crippen LogP contribution in [0.1, 0.15) is 9.67 Å². The highest BCUT2D eigenvalue weighted by molar-refractivity contribution is 7.99. The third-order valence-electron chi connectivity index (χ3n) is 2.22. The van der Waals surface area contributed by atoms with Crippen molar-refractivity contribution < 1.29 is 14.6 Å². The number of rotatable bonds is 6. The summed E-state index contributed by atoms with van der Waals surface area (Å²) in [5.74, 6) is 0.661. The van der Waals surface area contributed by atoms with Gasteiger partial charge in [-0.25, -0.2) is 4.79 Å². The minimum absolute atomic E-state index is 0.362. The third kappa shape index (κ3) is 4.45. The van der Waals surface area contributed by atoms with Crippen LogP contribution in [0, 0.1) is 0 Å². The first-order valence-electron chi connectivity index (χ1n) is 5.48. The van der Waals surface area contributed by atoms with Crippen LogP contribution in [0.5, 0.6) is 5.75 Å². The molecular weight excluding hydrogens is 304 g/mol. The van der Waals surface area contributed by atoms with E-state index in [1.54, 1.807) is 30.0 Å². The van der Waals surface area contributed by atoms with E-state index in [1.807, 2.05) is 17.5 Å². The standard InChI is InChI=1S/C13H11ClO3S2/c14-9-1-3-10(4-2-9)17-5-6-18-11-7-12(13(15)16)19-8-11/h1-4,7-8H,5-6H2,(H,15,16). The van der Waals surface area contributed by atoms with Crippen molar-refractivity contribution in [2.75, 3.05) is 12.4 Å². The summed E-state index contributed by atoms with van der Waals surface area (Å²) in [7, 11) is 0. The molecule has 1 aromatic heterocycles. The predicted octanol–water partition coefficient (Wildman–Crippen LogP) is 4.27. The Labute approximate surface area is 124 Å². The molecule has 3 nitrogen and oxygen atoms in total. The SMILES string of the molecule is O=C(O)c1cc(SCCOc2ccc(Cl)cc2)cs1. The highest BCUT2D eigenvalue weighted by Crippen LogP contribution is 2.25. The maximum atomic E-state index is 10.7. The molecule has 2 aromatic rings. The summed E-state index contributed by atoms with van der Waals surface area (Å²) in [6.07, 6.45) is 0. The van der Waals surface area contributed by atoms with Crippen molar-refractivity contribution in [2.24, 2.45) is 0 Å². The Hall–Kier alpha value is -1.17. The lowest BCUT2D eigenvalue weighted by Crippen LogP contribution is -1.99. The van der Waals surface area contributed by atoms with E-state index in [0.717, 1.165) is 16.4 Å². The number of benzene rings is 1. The monoisotopic (exact) mass is 314 g/mol. The van der Waals surface area contributed by atoms with Gasteiger partial charge in [-0.15, -0.1) is 23.1 Å². The van der Waals surface area contributed by atoms with Crippen molar-refractivity contribution in [3.05, 3.63) is 45.6 Å². The molecule has 1 heterocycles. The zero-order valence-corrected chi connectivity index (χ0v) is 12.2. The fourth-order valence-electron chi connectivity index (χ4n) is 1.36. The lowest BCUT2D eigenvalue weighted by atomic mass is 10.3. The summed E-state index contributed by atoms with van der Waals surface area (Å²) >= 11 is 8.59. The molecule has 0 saturated carbocycles. The molecule has 1 aromatic carbocycles. The van der Waals surface area contributed by atoms with Crippen LogP contribution in [0.4, 0.5) is 0 Å². The summed E-state index contributed by atoms with van der Waals surface area (Å²) in [5, 5.41) is 11.3. The van der Waals surface area contributed by atoms with E-state index in [1.165, 1.54) is 11.3 Å². The zero-order valence-electron chi connectivity index (χ0n) is 9.84. The second kappa shape index (κ2) is 6.84. The van der Waals surface area contributed by atoms with E-state index in [9.17, 15) is 4.79 Å². The molecule has 0 spiro atoms. The van der Waals surface area contributed by atoms with E-state index in [-0.39, 0.29) is 0 Å². The molecule has 0 atom stereocenters. The number of carboxylic acids is 1. The highest BCUT2D eigenvalue weighted by Gasteiger charge is 2.06. The summed E-state index contributed by atoms with van der Waals surface area (Å²) in [6, 6.07) is 8.88. The average molecular weight is 315 g/mol. The molecule has 0 radical (unpaired) electrons. The molecule has 2 rings (SSSR count). The van der Waals surface area contributed by atoms with Crippen molar-refractivity contribution in [1.82, 2.24) is 0 Å². The number of hydrogen-bond acceptors (Lipinski definition) is 4. The number of carbonyl (C=O) groups is 1. The Morgan fingerprint density at radius 1 is 1.37 bits per heavy atom. The Morgan fingerprint density at radius 2 is 2.11 bits per heavy atom.